The van der Waals surface area contributed by atoms with Crippen molar-refractivity contribution in [1.82, 2.24) is 20.4 Å². The predicted octanol–water partition coefficient (Wildman–Crippen LogP) is 2.65. The minimum atomic E-state index is -0.215. The van der Waals surface area contributed by atoms with Gasteiger partial charge in [0.25, 0.3) is 5.91 Å². The lowest BCUT2D eigenvalue weighted by Gasteiger charge is -2.06. The number of ether oxygens (including phenoxy) is 1. The first-order chi connectivity index (χ1) is 11.6. The molecule has 1 N–H and O–H groups in total. The van der Waals surface area contributed by atoms with Gasteiger partial charge in [0.2, 0.25) is 5.89 Å². The number of rotatable bonds is 6. The van der Waals surface area contributed by atoms with E-state index in [1.165, 1.54) is 0 Å². The van der Waals surface area contributed by atoms with Crippen LogP contribution in [0.1, 0.15) is 32.8 Å². The van der Waals surface area contributed by atoms with Crippen molar-refractivity contribution in [3.8, 4) is 5.75 Å². The zero-order valence-electron chi connectivity index (χ0n) is 13.3. The van der Waals surface area contributed by atoms with Crippen LogP contribution < -0.4 is 10.1 Å². The Hall–Kier alpha value is -2.74. The molecular formula is C16H16N4O3S. The lowest BCUT2D eigenvalue weighted by atomic mass is 10.2. The molecular weight excluding hydrogens is 328 g/mol. The van der Waals surface area contributed by atoms with Crippen molar-refractivity contribution in [1.29, 1.82) is 0 Å². The molecule has 3 aromatic rings. The monoisotopic (exact) mass is 344 g/mol. The molecule has 7 nitrogen and oxygen atoms in total. The minimum Gasteiger partial charge on any atom is -0.486 e. The highest BCUT2D eigenvalue weighted by Gasteiger charge is 2.09. The number of nitrogens with one attached hydrogen (secondary N) is 1. The maximum atomic E-state index is 12.1. The first-order valence-corrected chi connectivity index (χ1v) is 8.19. The Labute approximate surface area is 142 Å². The molecule has 3 rings (SSSR count). The Kier molecular flexibility index (Phi) is 4.85. The van der Waals surface area contributed by atoms with Gasteiger partial charge in [-0.25, -0.2) is 4.98 Å². The number of thiazole rings is 1. The van der Waals surface area contributed by atoms with Gasteiger partial charge in [0, 0.05) is 16.6 Å². The van der Waals surface area contributed by atoms with E-state index in [-0.39, 0.29) is 12.5 Å². The van der Waals surface area contributed by atoms with Crippen LogP contribution in [0.5, 0.6) is 5.75 Å². The molecule has 0 spiro atoms. The zero-order chi connectivity index (χ0) is 16.9. The summed E-state index contributed by atoms with van der Waals surface area (Å²) in [5.74, 6) is 1.38. The van der Waals surface area contributed by atoms with Crippen LogP contribution in [-0.4, -0.2) is 21.0 Å². The van der Waals surface area contributed by atoms with Crippen molar-refractivity contribution in [2.24, 2.45) is 0 Å². The van der Waals surface area contributed by atoms with Crippen LogP contribution >= 0.6 is 11.3 Å². The number of amides is 1. The van der Waals surface area contributed by atoms with Gasteiger partial charge in [0.15, 0.2) is 5.82 Å². The summed E-state index contributed by atoms with van der Waals surface area (Å²) in [7, 11) is 0. The molecule has 124 valence electrons. The smallest absolute Gasteiger partial charge is 0.251 e. The molecule has 0 radical (unpaired) electrons. The third-order valence-corrected chi connectivity index (χ3v) is 4.06. The Morgan fingerprint density at radius 1 is 1.25 bits per heavy atom. The van der Waals surface area contributed by atoms with Crippen molar-refractivity contribution in [3.63, 3.8) is 0 Å². The highest BCUT2D eigenvalue weighted by molar-refractivity contribution is 7.09. The lowest BCUT2D eigenvalue weighted by molar-refractivity contribution is 0.0946. The average molecular weight is 344 g/mol. The Balaban J connectivity index is 1.52. The Bertz CT molecular complexity index is 826. The van der Waals surface area contributed by atoms with Gasteiger partial charge in [-0.15, -0.1) is 11.3 Å². The fourth-order valence-corrected chi connectivity index (χ4v) is 2.67. The highest BCUT2D eigenvalue weighted by atomic mass is 32.1. The summed E-state index contributed by atoms with van der Waals surface area (Å²) in [4.78, 5) is 20.4. The van der Waals surface area contributed by atoms with Crippen LogP contribution in [0.25, 0.3) is 0 Å². The molecule has 2 aromatic heterocycles. The summed E-state index contributed by atoms with van der Waals surface area (Å²) >= 11 is 1.56. The van der Waals surface area contributed by atoms with Crippen LogP contribution in [-0.2, 0) is 13.2 Å². The van der Waals surface area contributed by atoms with Gasteiger partial charge in [0.1, 0.15) is 17.4 Å². The van der Waals surface area contributed by atoms with Crippen molar-refractivity contribution in [3.05, 3.63) is 57.6 Å². The summed E-state index contributed by atoms with van der Waals surface area (Å²) in [5, 5.41) is 9.30. The second-order valence-electron chi connectivity index (χ2n) is 5.11. The van der Waals surface area contributed by atoms with Gasteiger partial charge < -0.3 is 14.6 Å². The Morgan fingerprint density at radius 3 is 2.67 bits per heavy atom. The van der Waals surface area contributed by atoms with Crippen molar-refractivity contribution in [2.45, 2.75) is 27.0 Å². The van der Waals surface area contributed by atoms with Gasteiger partial charge in [-0.1, -0.05) is 5.16 Å². The van der Waals surface area contributed by atoms with E-state index in [4.69, 9.17) is 9.26 Å². The lowest BCUT2D eigenvalue weighted by Crippen LogP contribution is -2.22. The van der Waals surface area contributed by atoms with Crippen molar-refractivity contribution in [2.75, 3.05) is 0 Å². The fraction of sp³-hybridized carbons (Fsp3) is 0.250. The number of hydrogen-bond acceptors (Lipinski definition) is 7. The first-order valence-electron chi connectivity index (χ1n) is 7.31. The second-order valence-corrected chi connectivity index (χ2v) is 6.06. The molecule has 0 bridgehead atoms. The number of hydrogen-bond donors (Lipinski definition) is 1. The number of aromatic nitrogens is 3. The molecule has 0 saturated heterocycles. The first kappa shape index (κ1) is 16.1. The van der Waals surface area contributed by atoms with Crippen LogP contribution in [0.3, 0.4) is 0 Å². The minimum absolute atomic E-state index is 0.196. The van der Waals surface area contributed by atoms with E-state index in [0.717, 1.165) is 10.7 Å². The fourth-order valence-electron chi connectivity index (χ4n) is 1.99. The van der Waals surface area contributed by atoms with E-state index in [0.29, 0.717) is 29.6 Å². The van der Waals surface area contributed by atoms with E-state index >= 15 is 0 Å². The number of nitrogens with zero attached hydrogens (tertiary/aromatic N) is 3. The highest BCUT2D eigenvalue weighted by Crippen LogP contribution is 2.16. The number of benzene rings is 1. The average Bonchev–Trinajstić information content (AvgIpc) is 3.19. The molecule has 0 aliphatic carbocycles. The summed E-state index contributed by atoms with van der Waals surface area (Å²) in [6.07, 6.45) is 0. The quantitative estimate of drug-likeness (QED) is 0.739. The SMILES string of the molecule is Cc1csc(COc2ccc(C(=O)NCc3nc(C)no3)cc2)n1. The standard InChI is InChI=1S/C16H16N4O3S/c1-10-9-24-15(18-10)8-22-13-5-3-12(4-6-13)16(21)17-7-14-19-11(2)20-23-14/h3-6,9H,7-8H2,1-2H3,(H,17,21). The number of carbonyl (C=O) groups is 1. The van der Waals surface area contributed by atoms with Gasteiger partial charge in [-0.2, -0.15) is 4.98 Å². The predicted molar refractivity (Wildman–Crippen MR) is 87.8 cm³/mol. The van der Waals surface area contributed by atoms with Crippen LogP contribution in [0, 0.1) is 13.8 Å². The van der Waals surface area contributed by atoms with Gasteiger partial charge >= 0.3 is 0 Å². The second kappa shape index (κ2) is 7.22. The molecule has 0 unspecified atom stereocenters. The van der Waals surface area contributed by atoms with Crippen LogP contribution in [0.15, 0.2) is 34.2 Å². The largest absolute Gasteiger partial charge is 0.486 e. The maximum Gasteiger partial charge on any atom is 0.251 e. The Morgan fingerprint density at radius 2 is 2.04 bits per heavy atom. The molecule has 0 atom stereocenters. The molecule has 24 heavy (non-hydrogen) atoms. The molecule has 0 saturated carbocycles. The summed E-state index contributed by atoms with van der Waals surface area (Å²) < 4.78 is 10.6. The normalized spacial score (nSPS) is 10.6. The van der Waals surface area contributed by atoms with E-state index < -0.39 is 0 Å². The molecule has 0 fully saturated rings. The molecule has 0 aliphatic heterocycles. The third kappa shape index (κ3) is 4.17. The third-order valence-electron chi connectivity index (χ3n) is 3.12. The molecule has 8 heteroatoms. The van der Waals surface area contributed by atoms with Gasteiger partial charge in [-0.3, -0.25) is 4.79 Å². The van der Waals surface area contributed by atoms with Crippen LogP contribution in [0.2, 0.25) is 0 Å². The molecule has 2 heterocycles. The van der Waals surface area contributed by atoms with E-state index in [2.05, 4.69) is 20.4 Å². The molecule has 0 aliphatic rings. The number of aryl methyl sites for hydroxylation is 2. The van der Waals surface area contributed by atoms with E-state index in [1.54, 1.807) is 42.5 Å². The van der Waals surface area contributed by atoms with Crippen molar-refractivity contribution < 1.29 is 14.1 Å². The summed E-state index contributed by atoms with van der Waals surface area (Å²) in [5.41, 5.74) is 1.52. The van der Waals surface area contributed by atoms with Gasteiger partial charge in [-0.05, 0) is 38.1 Å². The van der Waals surface area contributed by atoms with Crippen molar-refractivity contribution >= 4 is 17.2 Å². The summed E-state index contributed by atoms with van der Waals surface area (Å²) in [6.45, 7) is 4.28. The zero-order valence-corrected chi connectivity index (χ0v) is 14.1. The van der Waals surface area contributed by atoms with Crippen LogP contribution in [0.4, 0.5) is 0 Å². The molecule has 1 aromatic carbocycles. The summed E-state index contributed by atoms with van der Waals surface area (Å²) in [6, 6.07) is 6.92. The molecule has 1 amide bonds. The van der Waals surface area contributed by atoms with E-state index in [1.807, 2.05) is 12.3 Å². The van der Waals surface area contributed by atoms with E-state index in [9.17, 15) is 4.79 Å². The topological polar surface area (TPSA) is 90.1 Å². The maximum absolute atomic E-state index is 12.1. The van der Waals surface area contributed by atoms with Gasteiger partial charge in [0.05, 0.1) is 6.54 Å². The number of carbonyl (C=O) groups excluding carboxylic acids is 1.